The van der Waals surface area contributed by atoms with Gasteiger partial charge in [-0.25, -0.2) is 4.79 Å². The van der Waals surface area contributed by atoms with Crippen molar-refractivity contribution in [1.82, 2.24) is 5.32 Å². The van der Waals surface area contributed by atoms with Crippen LogP contribution in [0.2, 0.25) is 0 Å². The molecule has 2 saturated carbocycles. The second-order valence-corrected chi connectivity index (χ2v) is 13.9. The van der Waals surface area contributed by atoms with Crippen molar-refractivity contribution in [2.45, 2.75) is 109 Å². The van der Waals surface area contributed by atoms with Crippen molar-refractivity contribution in [2.24, 2.45) is 16.7 Å². The summed E-state index contributed by atoms with van der Waals surface area (Å²) in [5, 5.41) is 35.6. The molecule has 3 fully saturated rings. The Morgan fingerprint density at radius 1 is 1.06 bits per heavy atom. The molecule has 1 saturated heterocycles. The van der Waals surface area contributed by atoms with Crippen LogP contribution in [0.15, 0.2) is 41.5 Å². The average molecular weight is 674 g/mol. The van der Waals surface area contributed by atoms with Gasteiger partial charge < -0.3 is 44.3 Å². The van der Waals surface area contributed by atoms with Gasteiger partial charge in [-0.05, 0) is 43.0 Å². The first-order valence-electron chi connectivity index (χ1n) is 15.9. The number of Topliss-reactive ketones (excluding diaryl/α,β-unsaturated/α-hetero) is 1. The van der Waals surface area contributed by atoms with Crippen molar-refractivity contribution in [3.8, 4) is 5.75 Å². The molecule has 4 N–H and O–H groups in total. The Bertz CT molecular complexity index is 1510. The Hall–Kier alpha value is -3.85. The van der Waals surface area contributed by atoms with Crippen LogP contribution < -0.4 is 10.1 Å². The van der Waals surface area contributed by atoms with Gasteiger partial charge in [0.05, 0.1) is 12.5 Å². The number of hydrogen-bond donors (Lipinski definition) is 4. The van der Waals surface area contributed by atoms with E-state index in [2.05, 4.69) is 0 Å². The molecular formula is C34H43NO13. The summed E-state index contributed by atoms with van der Waals surface area (Å²) in [5.41, 5.74) is -5.87. The summed E-state index contributed by atoms with van der Waals surface area (Å²) in [6.45, 7) is 8.89. The number of para-hydroxylation sites is 1. The molecule has 2 bridgehead atoms. The zero-order valence-corrected chi connectivity index (χ0v) is 27.8. The number of hydrogen-bond acceptors (Lipinski definition) is 13. The lowest BCUT2D eigenvalue weighted by molar-refractivity contribution is -0.330. The number of carbonyl (C=O) groups excluding carboxylic acids is 5. The van der Waals surface area contributed by atoms with Gasteiger partial charge >= 0.3 is 17.9 Å². The van der Waals surface area contributed by atoms with E-state index in [0.29, 0.717) is 12.2 Å². The Morgan fingerprint density at radius 2 is 1.73 bits per heavy atom. The van der Waals surface area contributed by atoms with Crippen LogP contribution >= 0.6 is 0 Å². The number of benzene rings is 1. The zero-order chi connectivity index (χ0) is 35.4. The Morgan fingerprint density at radius 3 is 2.29 bits per heavy atom. The van der Waals surface area contributed by atoms with Gasteiger partial charge in [0.2, 0.25) is 6.41 Å². The third-order valence-electron chi connectivity index (χ3n) is 10.9. The number of fused-ring (bicyclic) bond motifs is 5. The first kappa shape index (κ1) is 35.5. The number of rotatable bonds is 9. The van der Waals surface area contributed by atoms with Gasteiger partial charge in [0.25, 0.3) is 0 Å². The highest BCUT2D eigenvalue weighted by molar-refractivity contribution is 5.94. The molecule has 0 aromatic heterocycles. The van der Waals surface area contributed by atoms with E-state index >= 15 is 4.79 Å². The highest BCUT2D eigenvalue weighted by atomic mass is 16.6. The number of aliphatic hydroxyl groups excluding tert-OH is 2. The van der Waals surface area contributed by atoms with Crippen molar-refractivity contribution in [3.63, 3.8) is 0 Å². The molecule has 2 unspecified atom stereocenters. The predicted octanol–water partition coefficient (Wildman–Crippen LogP) is 0.880. The summed E-state index contributed by atoms with van der Waals surface area (Å²) in [6, 6.07) is 8.58. The van der Waals surface area contributed by atoms with Crippen molar-refractivity contribution >= 4 is 30.1 Å². The summed E-state index contributed by atoms with van der Waals surface area (Å²) in [4.78, 5) is 64.4. The monoisotopic (exact) mass is 673 g/mol. The maximum absolute atomic E-state index is 15.1. The number of aliphatic hydroxyl groups is 3. The number of nitrogens with one attached hydrogen (secondary N) is 1. The van der Waals surface area contributed by atoms with E-state index in [9.17, 15) is 34.5 Å². The lowest BCUT2D eigenvalue weighted by Gasteiger charge is -2.66. The molecule has 1 aliphatic heterocycles. The van der Waals surface area contributed by atoms with Crippen molar-refractivity contribution in [2.75, 3.05) is 6.61 Å². The van der Waals surface area contributed by atoms with E-state index in [1.807, 2.05) is 5.32 Å². The Labute approximate surface area is 277 Å². The maximum Gasteiger partial charge on any atom is 0.340 e. The molecule has 1 aromatic carbocycles. The molecule has 4 aliphatic rings. The topological polar surface area (TPSA) is 204 Å². The third kappa shape index (κ3) is 5.48. The fraction of sp³-hybridized carbons (Fsp3) is 0.618. The number of amides is 1. The molecule has 262 valence electrons. The van der Waals surface area contributed by atoms with Crippen LogP contribution in [0.4, 0.5) is 0 Å². The summed E-state index contributed by atoms with van der Waals surface area (Å²) in [6.07, 6.45) is -8.79. The van der Waals surface area contributed by atoms with Crippen LogP contribution in [0, 0.1) is 16.7 Å². The van der Waals surface area contributed by atoms with Gasteiger partial charge in [-0.1, -0.05) is 39.0 Å². The number of ether oxygens (including phenoxy) is 5. The van der Waals surface area contributed by atoms with Gasteiger partial charge in [-0.3, -0.25) is 19.2 Å². The predicted molar refractivity (Wildman–Crippen MR) is 164 cm³/mol. The first-order valence-corrected chi connectivity index (χ1v) is 15.9. The molecule has 0 spiro atoms. The van der Waals surface area contributed by atoms with Crippen LogP contribution in [0.25, 0.3) is 0 Å². The van der Waals surface area contributed by atoms with E-state index in [1.165, 1.54) is 6.92 Å². The molecule has 1 aromatic rings. The highest BCUT2D eigenvalue weighted by Crippen LogP contribution is 2.64. The van der Waals surface area contributed by atoms with E-state index < -0.39 is 88.4 Å². The minimum absolute atomic E-state index is 0.0939. The lowest BCUT2D eigenvalue weighted by atomic mass is 9.45. The summed E-state index contributed by atoms with van der Waals surface area (Å²) < 4.78 is 30.2. The lowest BCUT2D eigenvalue weighted by Crippen LogP contribution is -2.80. The van der Waals surface area contributed by atoms with Crippen LogP contribution in [0.3, 0.4) is 0 Å². The van der Waals surface area contributed by atoms with Crippen LogP contribution in [-0.2, 0) is 42.9 Å². The fourth-order valence-corrected chi connectivity index (χ4v) is 8.42. The van der Waals surface area contributed by atoms with Crippen molar-refractivity contribution in [1.29, 1.82) is 0 Å². The normalized spacial score (nSPS) is 36.4. The standard InChI is InChI=1S/C34H43NO13/c1-17-21(47-30(42)24(39)29(41)35-16-36)14-34(43)28(46-20-10-8-7-9-11-20)26-32(6,13-12-22-33(26,15-44-22)48-19(3)38)27(40)25(45-18(2)37)23(17)31(34,4)5/h7-11,16,21-22,24-26,28-29,39,41,43H,12-15H2,1-6H3,(H,35,36)/t21-,22?,24+,25+,26?,28-,29-,32+,33-,34+/m0/s1. The second kappa shape index (κ2) is 12.6. The van der Waals surface area contributed by atoms with Crippen molar-refractivity contribution in [3.05, 3.63) is 41.5 Å². The molecule has 14 nitrogen and oxygen atoms in total. The minimum atomic E-state index is -2.20. The third-order valence-corrected chi connectivity index (χ3v) is 10.9. The molecule has 48 heavy (non-hydrogen) atoms. The molecular weight excluding hydrogens is 630 g/mol. The molecule has 1 heterocycles. The quantitative estimate of drug-likeness (QED) is 0.0946. The summed E-state index contributed by atoms with van der Waals surface area (Å²) in [7, 11) is 0. The number of ketones is 1. The van der Waals surface area contributed by atoms with Crippen LogP contribution in [0.5, 0.6) is 5.75 Å². The van der Waals surface area contributed by atoms with Gasteiger partial charge in [0, 0.05) is 31.1 Å². The van der Waals surface area contributed by atoms with E-state index in [1.54, 1.807) is 58.0 Å². The summed E-state index contributed by atoms with van der Waals surface area (Å²) in [5.74, 6) is -4.01. The van der Waals surface area contributed by atoms with Gasteiger partial charge in [0.15, 0.2) is 29.8 Å². The zero-order valence-electron chi connectivity index (χ0n) is 27.8. The Kier molecular flexibility index (Phi) is 9.27. The molecule has 5 rings (SSSR count). The van der Waals surface area contributed by atoms with E-state index in [4.69, 9.17) is 23.7 Å². The molecule has 10 atom stereocenters. The highest BCUT2D eigenvalue weighted by Gasteiger charge is 2.76. The molecule has 0 radical (unpaired) electrons. The molecule has 1 amide bonds. The number of esters is 3. The van der Waals surface area contributed by atoms with Gasteiger partial charge in [-0.15, -0.1) is 0 Å². The molecule has 14 heteroatoms. The fourth-order valence-electron chi connectivity index (χ4n) is 8.42. The summed E-state index contributed by atoms with van der Waals surface area (Å²) >= 11 is 0. The van der Waals surface area contributed by atoms with Gasteiger partial charge in [0.1, 0.15) is 29.7 Å². The average Bonchev–Trinajstić information content (AvgIpc) is 3.00. The van der Waals surface area contributed by atoms with E-state index in [0.717, 1.165) is 6.92 Å². The van der Waals surface area contributed by atoms with Crippen LogP contribution in [-0.4, -0.2) is 100.0 Å². The maximum atomic E-state index is 15.1. The van der Waals surface area contributed by atoms with Crippen molar-refractivity contribution < 1.29 is 63.0 Å². The smallest absolute Gasteiger partial charge is 0.340 e. The van der Waals surface area contributed by atoms with E-state index in [-0.39, 0.29) is 37.0 Å². The van der Waals surface area contributed by atoms with Crippen LogP contribution in [0.1, 0.15) is 60.8 Å². The Balaban J connectivity index is 1.78. The SMILES string of the molecule is CC(=O)O[C@H]1C(=O)[C@]2(C)CCC3OC[C@@]3(OC(C)=O)C2[C@H](Oc2ccccc2)[C@]2(O)C[C@H](OC(=O)[C@H](O)[C@H](O)NC=O)C(C)=C1C2(C)C. The molecule has 3 aliphatic carbocycles. The number of carbonyl (C=O) groups is 5. The first-order chi connectivity index (χ1) is 22.4. The largest absolute Gasteiger partial charge is 0.487 e. The minimum Gasteiger partial charge on any atom is -0.487 e. The second-order valence-electron chi connectivity index (χ2n) is 13.9. The van der Waals surface area contributed by atoms with Gasteiger partial charge in [-0.2, -0.15) is 0 Å².